The molecule has 0 aromatic carbocycles. The molecule has 0 aliphatic carbocycles. The first-order valence-electron chi connectivity index (χ1n) is 9.68. The Morgan fingerprint density at radius 3 is 0.615 bits per heavy atom. The van der Waals surface area contributed by atoms with E-state index in [9.17, 15) is 0 Å². The molecule has 0 radical (unpaired) electrons. The van der Waals surface area contributed by atoms with Gasteiger partial charge in [-0.1, -0.05) is 13.0 Å². The summed E-state index contributed by atoms with van der Waals surface area (Å²) in [6, 6.07) is 0. The molecule has 0 aliphatic heterocycles. The van der Waals surface area contributed by atoms with E-state index in [-0.39, 0.29) is 67.7 Å². The van der Waals surface area contributed by atoms with Crippen molar-refractivity contribution >= 4 is 113 Å². The SMILES string of the molecule is CCN(CC)C(=S)[S-].CCN(CC)C(=S)[S-].CCN(CC)C(=S)[S-].O=[N+]([O-])[O-].O=[N+]([O-])[O-].O=[N+]([O-])[O-].[Ag+].[In+3].[Zn+2]. The third kappa shape index (κ3) is 85.5. The van der Waals surface area contributed by atoms with Crippen molar-refractivity contribution in [1.29, 1.82) is 0 Å². The number of hydrogen-bond donors (Lipinski definition) is 0. The molecule has 0 saturated carbocycles. The fourth-order valence-corrected chi connectivity index (χ4v) is 2.99. The van der Waals surface area contributed by atoms with Crippen LogP contribution in [0.1, 0.15) is 41.5 Å². The van der Waals surface area contributed by atoms with E-state index >= 15 is 0 Å². The van der Waals surface area contributed by atoms with Gasteiger partial charge in [0.05, 0.1) is 15.3 Å². The summed E-state index contributed by atoms with van der Waals surface area (Å²) in [6.45, 7) is 17.8. The maximum atomic E-state index is 8.25. The average Bonchev–Trinajstić information content (AvgIpc) is 2.69. The molecule has 0 bridgehead atoms. The minimum absolute atomic E-state index is 0. The van der Waals surface area contributed by atoms with Crippen LogP contribution in [0, 0.1) is 46.0 Å². The van der Waals surface area contributed by atoms with E-state index in [1.165, 1.54) is 0 Å². The van der Waals surface area contributed by atoms with Crippen LogP contribution >= 0.6 is 36.7 Å². The second-order valence-corrected chi connectivity index (χ2v) is 8.08. The van der Waals surface area contributed by atoms with Crippen LogP contribution in [0.5, 0.6) is 0 Å². The third-order valence-electron chi connectivity index (χ3n) is 3.06. The van der Waals surface area contributed by atoms with Gasteiger partial charge in [0, 0.05) is 39.3 Å². The van der Waals surface area contributed by atoms with Crippen molar-refractivity contribution in [3.05, 3.63) is 46.0 Å². The first-order chi connectivity index (χ1) is 16.4. The zero-order chi connectivity index (χ0) is 30.4. The fraction of sp³-hybridized carbons (Fsp3) is 0.800. The van der Waals surface area contributed by atoms with Crippen molar-refractivity contribution < 1.29 is 57.1 Å². The van der Waals surface area contributed by atoms with Crippen LogP contribution < -0.4 is 0 Å². The van der Waals surface area contributed by atoms with Crippen molar-refractivity contribution in [2.24, 2.45) is 0 Å². The van der Waals surface area contributed by atoms with E-state index < -0.39 is 15.3 Å². The molecule has 0 atom stereocenters. The average molecular weight is 919 g/mol. The Morgan fingerprint density at radius 1 is 0.538 bits per heavy atom. The monoisotopic (exact) mass is 916 g/mol. The Morgan fingerprint density at radius 2 is 0.615 bits per heavy atom. The predicted octanol–water partition coefficient (Wildman–Crippen LogP) is 2.38. The first-order valence-corrected chi connectivity index (χ1v) is 12.1. The maximum Gasteiger partial charge on any atom is 3.00 e. The molecule has 39 heavy (non-hydrogen) atoms. The molecule has 0 saturated heterocycles. The zero-order valence-corrected chi connectivity index (χ0v) is 34.8. The van der Waals surface area contributed by atoms with Crippen LogP contribution in [-0.4, -0.2) is 108 Å². The Kier molecular flexibility index (Phi) is 77.0. The zero-order valence-electron chi connectivity index (χ0n) is 22.1. The number of rotatable bonds is 6. The van der Waals surface area contributed by atoms with Gasteiger partial charge in [-0.2, -0.15) is 0 Å². The van der Waals surface area contributed by atoms with Crippen LogP contribution in [0.2, 0.25) is 0 Å². The predicted molar refractivity (Wildman–Crippen MR) is 165 cm³/mol. The van der Waals surface area contributed by atoms with Crippen LogP contribution in [-0.2, 0) is 79.7 Å². The van der Waals surface area contributed by atoms with Crippen molar-refractivity contribution in [2.45, 2.75) is 41.5 Å². The van der Waals surface area contributed by atoms with Crippen LogP contribution in [0.4, 0.5) is 0 Å². The van der Waals surface area contributed by atoms with Crippen molar-refractivity contribution in [2.75, 3.05) is 39.3 Å². The maximum absolute atomic E-state index is 8.25. The van der Waals surface area contributed by atoms with E-state index in [2.05, 4.69) is 0 Å². The topological polar surface area (TPSA) is 208 Å². The summed E-state index contributed by atoms with van der Waals surface area (Å²) in [5, 5.41) is 44.2. The second-order valence-electron chi connectivity index (χ2n) is 4.99. The minimum atomic E-state index is -1.75. The van der Waals surface area contributed by atoms with Crippen molar-refractivity contribution in [1.82, 2.24) is 14.7 Å². The summed E-state index contributed by atoms with van der Waals surface area (Å²) < 4.78 is 1.74. The van der Waals surface area contributed by atoms with Gasteiger partial charge in [0.25, 0.3) is 0 Å². The second kappa shape index (κ2) is 47.9. The molecule has 0 amide bonds. The largest absolute Gasteiger partial charge is 3.00 e. The van der Waals surface area contributed by atoms with Crippen LogP contribution in [0.25, 0.3) is 0 Å². The van der Waals surface area contributed by atoms with Crippen molar-refractivity contribution in [3.8, 4) is 0 Å². The van der Waals surface area contributed by atoms with Gasteiger partial charge in [0.2, 0.25) is 0 Å². The number of nitrogens with zero attached hydrogens (tertiary/aromatic N) is 6. The van der Waals surface area contributed by atoms with Gasteiger partial charge < -0.3 is 135 Å². The molecular weight excluding hydrogens is 889 g/mol. The summed E-state index contributed by atoms with van der Waals surface area (Å²) in [5.74, 6) is 0. The molecule has 0 fully saturated rings. The normalized spacial score (nSPS) is 7.23. The molecule has 0 rings (SSSR count). The van der Waals surface area contributed by atoms with E-state index in [1.54, 1.807) is 0 Å². The van der Waals surface area contributed by atoms with E-state index in [0.29, 0.717) is 13.0 Å². The Balaban J connectivity index is -0.0000000401. The molecule has 226 valence electrons. The molecule has 15 nitrogen and oxygen atoms in total. The van der Waals surface area contributed by atoms with Gasteiger partial charge in [-0.05, 0) is 41.5 Å². The number of hydrogen-bond acceptors (Lipinski definition) is 15. The quantitative estimate of drug-likeness (QED) is 0.123. The minimum Gasteiger partial charge on any atom is -0.411 e. The molecule has 0 aliphatic rings. The molecule has 0 spiro atoms. The van der Waals surface area contributed by atoms with E-state index in [0.717, 1.165) is 39.3 Å². The van der Waals surface area contributed by atoms with Crippen molar-refractivity contribution in [3.63, 3.8) is 0 Å². The standard InChI is InChI=1S/3C5H11NS2.Ag.In.3NO3.Zn/c3*1-3-6(4-2)5(7)8;;;3*2-1(3)4;/h3*3-4H2,1-2H3,(H,7,8);;;;;;/q;;;+1;+3;3*-1;+2/p-3. The first kappa shape index (κ1) is 62.7. The van der Waals surface area contributed by atoms with E-state index in [1.807, 2.05) is 56.2 Å². The summed E-state index contributed by atoms with van der Waals surface area (Å²) in [5.41, 5.74) is 0. The Labute approximate surface area is 308 Å². The Bertz CT molecular complexity index is 538. The smallest absolute Gasteiger partial charge is 0.411 e. The van der Waals surface area contributed by atoms with Gasteiger partial charge in [-0.25, -0.2) is 0 Å². The summed E-state index contributed by atoms with van der Waals surface area (Å²) in [6.07, 6.45) is 0. The molecular formula is C15H30AgInN6O9S6Zn. The molecule has 0 unspecified atom stereocenters. The van der Waals surface area contributed by atoms with E-state index in [4.69, 9.17) is 121 Å². The summed E-state index contributed by atoms with van der Waals surface area (Å²) in [7, 11) is 0. The Hall–Kier alpha value is 0.164. The van der Waals surface area contributed by atoms with Crippen LogP contribution in [0.15, 0.2) is 0 Å². The third-order valence-corrected chi connectivity index (χ3v) is 4.61. The van der Waals surface area contributed by atoms with Gasteiger partial charge in [0.1, 0.15) is 0 Å². The van der Waals surface area contributed by atoms with Gasteiger partial charge in [-0.15, -0.1) is 0 Å². The molecule has 24 heteroatoms. The molecule has 0 heterocycles. The van der Waals surface area contributed by atoms with Gasteiger partial charge in [-0.3, -0.25) is 0 Å². The van der Waals surface area contributed by atoms with Gasteiger partial charge in [0.15, 0.2) is 0 Å². The molecule has 0 aromatic rings. The molecule has 0 N–H and O–H groups in total. The summed E-state index contributed by atoms with van der Waals surface area (Å²) >= 11 is 28.5. The summed E-state index contributed by atoms with van der Waals surface area (Å²) in [4.78, 5) is 30.6. The number of thiocarbonyl (C=S) groups is 3. The van der Waals surface area contributed by atoms with Gasteiger partial charge >= 0.3 is 67.7 Å². The fourth-order valence-electron chi connectivity index (χ4n) is 1.45. The van der Waals surface area contributed by atoms with Crippen LogP contribution in [0.3, 0.4) is 0 Å². The molecule has 0 aromatic heterocycles.